The lowest BCUT2D eigenvalue weighted by atomic mass is 10.2. The second-order valence-corrected chi connectivity index (χ2v) is 5.85. The van der Waals surface area contributed by atoms with Gasteiger partial charge in [0.15, 0.2) is 0 Å². The summed E-state index contributed by atoms with van der Waals surface area (Å²) in [6.45, 7) is 0. The molecule has 0 aliphatic carbocycles. The number of hydrogen-bond acceptors (Lipinski definition) is 5. The van der Waals surface area contributed by atoms with Crippen LogP contribution < -0.4 is 0 Å². The molecule has 0 bridgehead atoms. The number of thiazole rings is 1. The zero-order valence-electron chi connectivity index (χ0n) is 9.75. The van der Waals surface area contributed by atoms with Gasteiger partial charge in [-0.1, -0.05) is 11.8 Å². The summed E-state index contributed by atoms with van der Waals surface area (Å²) in [5.74, 6) is 0.947. The van der Waals surface area contributed by atoms with E-state index in [0.717, 1.165) is 15.6 Å². The van der Waals surface area contributed by atoms with Crippen molar-refractivity contribution >= 4 is 23.1 Å². The molecule has 0 saturated heterocycles. The van der Waals surface area contributed by atoms with E-state index in [4.69, 9.17) is 4.42 Å². The first-order valence-corrected chi connectivity index (χ1v) is 7.40. The van der Waals surface area contributed by atoms with E-state index in [9.17, 15) is 4.39 Å². The normalized spacial score (nSPS) is 10.8. The van der Waals surface area contributed by atoms with Gasteiger partial charge in [-0.05, 0) is 24.3 Å². The Morgan fingerprint density at radius 1 is 1.26 bits per heavy atom. The van der Waals surface area contributed by atoms with Crippen LogP contribution in [0, 0.1) is 5.82 Å². The highest BCUT2D eigenvalue weighted by molar-refractivity contribution is 8.00. The van der Waals surface area contributed by atoms with Crippen LogP contribution in [0.1, 0.15) is 5.69 Å². The maximum absolute atomic E-state index is 12.8. The van der Waals surface area contributed by atoms with Gasteiger partial charge in [0, 0.05) is 22.9 Å². The molecular weight excluding hydrogens is 283 g/mol. The average Bonchev–Trinajstić information content (AvgIpc) is 3.09. The van der Waals surface area contributed by atoms with E-state index in [1.54, 1.807) is 47.7 Å². The Morgan fingerprint density at radius 2 is 2.11 bits per heavy atom. The fourth-order valence-corrected chi connectivity index (χ4v) is 3.03. The van der Waals surface area contributed by atoms with Gasteiger partial charge in [0.05, 0.1) is 5.69 Å². The Bertz CT molecular complexity index is 650. The Balaban J connectivity index is 1.70. The molecule has 0 aliphatic rings. The number of thioether (sulfide) groups is 1. The molecule has 2 heterocycles. The minimum Gasteiger partial charge on any atom is -0.444 e. The summed E-state index contributed by atoms with van der Waals surface area (Å²) >= 11 is 3.21. The molecule has 96 valence electrons. The van der Waals surface area contributed by atoms with E-state index < -0.39 is 0 Å². The summed E-state index contributed by atoms with van der Waals surface area (Å²) in [6, 6.07) is 6.09. The maximum Gasteiger partial charge on any atom is 0.226 e. The molecule has 0 fully saturated rings. The molecule has 6 heteroatoms. The van der Waals surface area contributed by atoms with E-state index >= 15 is 0 Å². The zero-order valence-corrected chi connectivity index (χ0v) is 11.4. The van der Waals surface area contributed by atoms with Gasteiger partial charge in [0.25, 0.3) is 0 Å². The van der Waals surface area contributed by atoms with Crippen LogP contribution in [0.3, 0.4) is 0 Å². The zero-order chi connectivity index (χ0) is 13.1. The van der Waals surface area contributed by atoms with Crippen molar-refractivity contribution in [2.24, 2.45) is 0 Å². The van der Waals surface area contributed by atoms with Crippen molar-refractivity contribution in [3.05, 3.63) is 53.6 Å². The molecule has 3 nitrogen and oxygen atoms in total. The van der Waals surface area contributed by atoms with Crippen LogP contribution in [0.4, 0.5) is 4.39 Å². The Kier molecular flexibility index (Phi) is 3.61. The summed E-state index contributed by atoms with van der Waals surface area (Å²) in [7, 11) is 0. The highest BCUT2D eigenvalue weighted by Gasteiger charge is 2.07. The lowest BCUT2D eigenvalue weighted by molar-refractivity contribution is 0.573. The summed E-state index contributed by atoms with van der Waals surface area (Å²) in [5, 5.41) is 1.94. The molecule has 0 radical (unpaired) electrons. The molecule has 19 heavy (non-hydrogen) atoms. The van der Waals surface area contributed by atoms with E-state index in [2.05, 4.69) is 9.97 Å². The Morgan fingerprint density at radius 3 is 2.84 bits per heavy atom. The molecule has 0 atom stereocenters. The summed E-state index contributed by atoms with van der Waals surface area (Å²) in [4.78, 5) is 8.56. The topological polar surface area (TPSA) is 38.9 Å². The second kappa shape index (κ2) is 5.54. The first-order valence-electron chi connectivity index (χ1n) is 5.54. The smallest absolute Gasteiger partial charge is 0.226 e. The molecule has 2 aromatic heterocycles. The predicted molar refractivity (Wildman–Crippen MR) is 73.6 cm³/mol. The minimum absolute atomic E-state index is 0.269. The lowest BCUT2D eigenvalue weighted by Gasteiger charge is -1.94. The molecule has 0 unspecified atom stereocenters. The van der Waals surface area contributed by atoms with E-state index in [1.807, 2.05) is 5.38 Å². The van der Waals surface area contributed by atoms with Crippen molar-refractivity contribution in [3.8, 4) is 11.5 Å². The third-order valence-electron chi connectivity index (χ3n) is 2.40. The van der Waals surface area contributed by atoms with Crippen LogP contribution >= 0.6 is 23.1 Å². The first-order chi connectivity index (χ1) is 9.31. The van der Waals surface area contributed by atoms with Crippen LogP contribution in [0.5, 0.6) is 0 Å². The predicted octanol–water partition coefficient (Wildman–Crippen LogP) is 4.23. The molecule has 1 aromatic carbocycles. The third kappa shape index (κ3) is 3.02. The molecule has 0 amide bonds. The van der Waals surface area contributed by atoms with Gasteiger partial charge in [-0.2, -0.15) is 0 Å². The molecule has 0 N–H and O–H groups in total. The van der Waals surface area contributed by atoms with Crippen molar-refractivity contribution in [1.29, 1.82) is 0 Å². The van der Waals surface area contributed by atoms with Crippen LogP contribution in [0.2, 0.25) is 0 Å². The van der Waals surface area contributed by atoms with Gasteiger partial charge >= 0.3 is 0 Å². The van der Waals surface area contributed by atoms with Crippen molar-refractivity contribution in [2.75, 3.05) is 0 Å². The number of hydrogen-bond donors (Lipinski definition) is 0. The first kappa shape index (κ1) is 12.4. The fourth-order valence-electron chi connectivity index (χ4n) is 1.52. The molecule has 3 rings (SSSR count). The van der Waals surface area contributed by atoms with Gasteiger partial charge in [-0.15, -0.1) is 11.3 Å². The van der Waals surface area contributed by atoms with Crippen molar-refractivity contribution in [3.63, 3.8) is 0 Å². The van der Waals surface area contributed by atoms with Crippen molar-refractivity contribution in [1.82, 2.24) is 9.97 Å². The number of nitrogens with zero attached hydrogens (tertiary/aromatic N) is 2. The monoisotopic (exact) mass is 292 g/mol. The van der Waals surface area contributed by atoms with Crippen LogP contribution in [-0.4, -0.2) is 9.97 Å². The Hall–Kier alpha value is -1.66. The van der Waals surface area contributed by atoms with Gasteiger partial charge in [0.2, 0.25) is 5.89 Å². The van der Waals surface area contributed by atoms with E-state index in [0.29, 0.717) is 11.6 Å². The van der Waals surface area contributed by atoms with Gasteiger partial charge in [-0.3, -0.25) is 0 Å². The van der Waals surface area contributed by atoms with Crippen molar-refractivity contribution in [2.45, 2.75) is 10.1 Å². The van der Waals surface area contributed by atoms with Crippen LogP contribution in [0.25, 0.3) is 11.5 Å². The molecule has 3 aromatic rings. The standard InChI is InChI=1S/C13H9FN2OS2/c14-10-3-1-9(2-4-10)12-16-11(7-17-12)8-19-13-15-5-6-18-13/h1-7H,8H2. The van der Waals surface area contributed by atoms with E-state index in [1.165, 1.54) is 12.1 Å². The summed E-state index contributed by atoms with van der Waals surface area (Å²) in [6.07, 6.45) is 3.40. The molecule has 0 aliphatic heterocycles. The second-order valence-electron chi connectivity index (χ2n) is 3.74. The van der Waals surface area contributed by atoms with Crippen LogP contribution in [-0.2, 0) is 5.75 Å². The molecular formula is C13H9FN2OS2. The maximum atomic E-state index is 12.8. The number of halogens is 1. The van der Waals surface area contributed by atoms with Gasteiger partial charge in [-0.25, -0.2) is 14.4 Å². The van der Waals surface area contributed by atoms with E-state index in [-0.39, 0.29) is 5.82 Å². The highest BCUT2D eigenvalue weighted by Crippen LogP contribution is 2.26. The quantitative estimate of drug-likeness (QED) is 0.675. The minimum atomic E-state index is -0.269. The largest absolute Gasteiger partial charge is 0.444 e. The lowest BCUT2D eigenvalue weighted by Crippen LogP contribution is -1.82. The SMILES string of the molecule is Fc1ccc(-c2nc(CSc3nccs3)co2)cc1. The fraction of sp³-hybridized carbons (Fsp3) is 0.0769. The molecule has 0 saturated carbocycles. The summed E-state index contributed by atoms with van der Waals surface area (Å²) < 4.78 is 19.2. The summed E-state index contributed by atoms with van der Waals surface area (Å²) in [5.41, 5.74) is 1.62. The number of oxazole rings is 1. The number of benzene rings is 1. The number of aromatic nitrogens is 2. The van der Waals surface area contributed by atoms with Crippen molar-refractivity contribution < 1.29 is 8.81 Å². The average molecular weight is 292 g/mol. The highest BCUT2D eigenvalue weighted by atomic mass is 32.2. The van der Waals surface area contributed by atoms with Crippen LogP contribution in [0.15, 0.2) is 50.9 Å². The molecule has 0 spiro atoms. The Labute approximate surface area is 117 Å². The number of rotatable bonds is 4. The van der Waals surface area contributed by atoms with Gasteiger partial charge < -0.3 is 4.42 Å². The third-order valence-corrected chi connectivity index (χ3v) is 4.40. The van der Waals surface area contributed by atoms with Gasteiger partial charge in [0.1, 0.15) is 16.4 Å².